The lowest BCUT2D eigenvalue weighted by Crippen LogP contribution is -2.37. The van der Waals surface area contributed by atoms with E-state index >= 15 is 0 Å². The minimum atomic E-state index is 0. The Morgan fingerprint density at radius 3 is 2.72 bits per heavy atom. The van der Waals surface area contributed by atoms with Crippen LogP contribution in [0.1, 0.15) is 42.7 Å². The van der Waals surface area contributed by atoms with Crippen LogP contribution in [-0.2, 0) is 11.8 Å². The summed E-state index contributed by atoms with van der Waals surface area (Å²) in [5.74, 6) is 0.549. The van der Waals surface area contributed by atoms with Gasteiger partial charge >= 0.3 is 0 Å². The second-order valence-corrected chi connectivity index (χ2v) is 7.47. The molecule has 25 heavy (non-hydrogen) atoms. The normalized spacial score (nSPS) is 16.9. The summed E-state index contributed by atoms with van der Waals surface area (Å²) in [5.41, 5.74) is 7.35. The van der Waals surface area contributed by atoms with E-state index in [0.29, 0.717) is 5.96 Å². The number of thiophene rings is 1. The molecule has 136 valence electrons. The van der Waals surface area contributed by atoms with Crippen molar-refractivity contribution in [1.82, 2.24) is 10.3 Å². The van der Waals surface area contributed by atoms with Crippen LogP contribution in [0.4, 0.5) is 0 Å². The van der Waals surface area contributed by atoms with E-state index in [0.717, 1.165) is 25.2 Å². The van der Waals surface area contributed by atoms with Crippen molar-refractivity contribution in [3.05, 3.63) is 52.5 Å². The van der Waals surface area contributed by atoms with Gasteiger partial charge in [0.15, 0.2) is 5.96 Å². The number of hydrogen-bond donors (Lipinski definition) is 2. The molecule has 1 aliphatic carbocycles. The van der Waals surface area contributed by atoms with Gasteiger partial charge in [-0.3, -0.25) is 9.98 Å². The zero-order chi connectivity index (χ0) is 16.7. The van der Waals surface area contributed by atoms with Crippen LogP contribution in [0.2, 0.25) is 0 Å². The predicted molar refractivity (Wildman–Crippen MR) is 117 cm³/mol. The van der Waals surface area contributed by atoms with Crippen LogP contribution in [0.15, 0.2) is 46.9 Å². The van der Waals surface area contributed by atoms with Gasteiger partial charge in [-0.05, 0) is 36.4 Å². The highest BCUT2D eigenvalue weighted by Crippen LogP contribution is 2.41. The van der Waals surface area contributed by atoms with Gasteiger partial charge in [-0.2, -0.15) is 0 Å². The Hall–Kier alpha value is -1.15. The van der Waals surface area contributed by atoms with Crippen LogP contribution < -0.4 is 11.1 Å². The summed E-state index contributed by atoms with van der Waals surface area (Å²) in [6, 6.07) is 10.4. The van der Waals surface area contributed by atoms with Crippen molar-refractivity contribution in [3.63, 3.8) is 0 Å². The first-order valence-corrected chi connectivity index (χ1v) is 9.64. The molecule has 3 rings (SSSR count). The first-order chi connectivity index (χ1) is 11.8. The minimum Gasteiger partial charge on any atom is -0.370 e. The average Bonchev–Trinajstić information content (AvgIpc) is 3.17. The molecule has 2 aromatic rings. The molecule has 0 aromatic carbocycles. The molecule has 1 fully saturated rings. The number of pyridine rings is 1. The van der Waals surface area contributed by atoms with Gasteiger partial charge in [-0.1, -0.05) is 31.4 Å². The van der Waals surface area contributed by atoms with Gasteiger partial charge in [-0.15, -0.1) is 35.3 Å². The molecule has 0 spiro atoms. The Kier molecular flexibility index (Phi) is 8.15. The standard InChI is InChI=1S/C19H26N4S.HI/c20-18(22-13-9-16-7-2-5-12-21-16)23-15-19(10-3-1-4-11-19)17-8-6-14-24-17;/h2,5-8,12,14H,1,3-4,9-11,13,15H2,(H3,20,22,23);1H. The van der Waals surface area contributed by atoms with E-state index in [1.54, 1.807) is 0 Å². The quantitative estimate of drug-likeness (QED) is 0.380. The summed E-state index contributed by atoms with van der Waals surface area (Å²) in [4.78, 5) is 10.5. The number of hydrogen-bond acceptors (Lipinski definition) is 3. The lowest BCUT2D eigenvalue weighted by molar-refractivity contribution is 0.306. The predicted octanol–water partition coefficient (Wildman–Crippen LogP) is 4.11. The Balaban J connectivity index is 0.00000225. The first kappa shape index (κ1) is 20.2. The molecule has 0 saturated heterocycles. The van der Waals surface area contributed by atoms with Crippen molar-refractivity contribution >= 4 is 41.3 Å². The van der Waals surface area contributed by atoms with Crippen LogP contribution in [0.5, 0.6) is 0 Å². The largest absolute Gasteiger partial charge is 0.370 e. The van der Waals surface area contributed by atoms with E-state index in [1.165, 1.54) is 37.0 Å². The molecule has 0 unspecified atom stereocenters. The molecule has 2 aromatic heterocycles. The molecule has 1 saturated carbocycles. The summed E-state index contributed by atoms with van der Waals surface area (Å²) >= 11 is 1.86. The summed E-state index contributed by atoms with van der Waals surface area (Å²) in [7, 11) is 0. The summed E-state index contributed by atoms with van der Waals surface area (Å²) in [6.07, 6.45) is 9.04. The van der Waals surface area contributed by atoms with Gasteiger partial charge in [0.05, 0.1) is 6.54 Å². The van der Waals surface area contributed by atoms with Crippen LogP contribution in [0.3, 0.4) is 0 Å². The van der Waals surface area contributed by atoms with Crippen molar-refractivity contribution in [2.45, 2.75) is 43.9 Å². The molecule has 6 heteroatoms. The Bertz CT molecular complexity index is 637. The maximum Gasteiger partial charge on any atom is 0.188 e. The lowest BCUT2D eigenvalue weighted by atomic mass is 9.73. The van der Waals surface area contributed by atoms with Gasteiger partial charge in [0.2, 0.25) is 0 Å². The van der Waals surface area contributed by atoms with E-state index in [4.69, 9.17) is 5.73 Å². The zero-order valence-electron chi connectivity index (χ0n) is 14.5. The van der Waals surface area contributed by atoms with Crippen molar-refractivity contribution in [2.24, 2.45) is 10.7 Å². The number of nitrogens with one attached hydrogen (secondary N) is 1. The molecule has 0 aliphatic heterocycles. The van der Waals surface area contributed by atoms with Crippen LogP contribution >= 0.6 is 35.3 Å². The molecule has 1 aliphatic rings. The minimum absolute atomic E-state index is 0. The number of nitrogens with two attached hydrogens (primary N) is 1. The smallest absolute Gasteiger partial charge is 0.188 e. The molecule has 2 heterocycles. The van der Waals surface area contributed by atoms with Gasteiger partial charge in [0, 0.05) is 35.1 Å². The van der Waals surface area contributed by atoms with Crippen LogP contribution in [0.25, 0.3) is 0 Å². The fourth-order valence-corrected chi connectivity index (χ4v) is 4.43. The molecule has 0 amide bonds. The number of guanidine groups is 1. The SMILES string of the molecule is I.NC(=NCC1(c2cccs2)CCCCC1)NCCc1ccccn1. The van der Waals surface area contributed by atoms with Gasteiger partial charge in [0.1, 0.15) is 0 Å². The van der Waals surface area contributed by atoms with Crippen LogP contribution in [0, 0.1) is 0 Å². The molecule has 0 bridgehead atoms. The van der Waals surface area contributed by atoms with E-state index in [2.05, 4.69) is 32.8 Å². The van der Waals surface area contributed by atoms with Gasteiger partial charge in [0.25, 0.3) is 0 Å². The lowest BCUT2D eigenvalue weighted by Gasteiger charge is -2.35. The molecule has 4 nitrogen and oxygen atoms in total. The van der Waals surface area contributed by atoms with Gasteiger partial charge < -0.3 is 11.1 Å². The topological polar surface area (TPSA) is 63.3 Å². The number of halogens is 1. The average molecular weight is 470 g/mol. The molecule has 0 atom stereocenters. The Morgan fingerprint density at radius 2 is 2.04 bits per heavy atom. The fraction of sp³-hybridized carbons (Fsp3) is 0.474. The number of nitrogens with zero attached hydrogens (tertiary/aromatic N) is 2. The number of aromatic nitrogens is 1. The third-order valence-electron chi connectivity index (χ3n) is 4.82. The third-order valence-corrected chi connectivity index (χ3v) is 5.94. The number of rotatable bonds is 6. The highest BCUT2D eigenvalue weighted by Gasteiger charge is 2.34. The van der Waals surface area contributed by atoms with E-state index < -0.39 is 0 Å². The maximum atomic E-state index is 6.09. The molecule has 0 radical (unpaired) electrons. The Morgan fingerprint density at radius 1 is 1.20 bits per heavy atom. The van der Waals surface area contributed by atoms with E-state index in [1.807, 2.05) is 35.7 Å². The summed E-state index contributed by atoms with van der Waals surface area (Å²) < 4.78 is 0. The molecular weight excluding hydrogens is 443 g/mol. The Labute approximate surface area is 171 Å². The number of aliphatic imine (C=N–C) groups is 1. The molecular formula is C19H27IN4S. The zero-order valence-corrected chi connectivity index (χ0v) is 17.6. The van der Waals surface area contributed by atoms with Crippen molar-refractivity contribution in [1.29, 1.82) is 0 Å². The highest BCUT2D eigenvalue weighted by atomic mass is 127. The van der Waals surface area contributed by atoms with E-state index in [9.17, 15) is 0 Å². The van der Waals surface area contributed by atoms with Crippen molar-refractivity contribution < 1.29 is 0 Å². The molecule has 3 N–H and O–H groups in total. The van der Waals surface area contributed by atoms with Crippen LogP contribution in [-0.4, -0.2) is 24.0 Å². The summed E-state index contributed by atoms with van der Waals surface area (Å²) in [5, 5.41) is 5.39. The second kappa shape index (κ2) is 10.1. The monoisotopic (exact) mass is 470 g/mol. The van der Waals surface area contributed by atoms with Crippen molar-refractivity contribution in [3.8, 4) is 0 Å². The van der Waals surface area contributed by atoms with Gasteiger partial charge in [-0.25, -0.2) is 0 Å². The maximum absolute atomic E-state index is 6.09. The fourth-order valence-electron chi connectivity index (χ4n) is 3.45. The second-order valence-electron chi connectivity index (χ2n) is 6.52. The van der Waals surface area contributed by atoms with E-state index in [-0.39, 0.29) is 29.4 Å². The third kappa shape index (κ3) is 5.67. The summed E-state index contributed by atoms with van der Waals surface area (Å²) in [6.45, 7) is 1.55. The highest BCUT2D eigenvalue weighted by molar-refractivity contribution is 14.0. The van der Waals surface area contributed by atoms with Crippen molar-refractivity contribution in [2.75, 3.05) is 13.1 Å². The first-order valence-electron chi connectivity index (χ1n) is 8.76.